The number of aryl methyl sites for hydroxylation is 1. The van der Waals surface area contributed by atoms with Crippen molar-refractivity contribution in [2.24, 2.45) is 0 Å². The fourth-order valence-electron chi connectivity index (χ4n) is 4.07. The van der Waals surface area contributed by atoms with E-state index in [0.717, 1.165) is 28.7 Å². The van der Waals surface area contributed by atoms with E-state index in [1.807, 2.05) is 0 Å². The van der Waals surface area contributed by atoms with Crippen molar-refractivity contribution in [3.63, 3.8) is 0 Å². The lowest BCUT2D eigenvalue weighted by Crippen LogP contribution is -2.56. The maximum atomic E-state index is 13.6. The van der Waals surface area contributed by atoms with Crippen molar-refractivity contribution in [3.8, 4) is 11.3 Å². The summed E-state index contributed by atoms with van der Waals surface area (Å²) in [6, 6.07) is 4.87. The Morgan fingerprint density at radius 3 is 2.26 bits per heavy atom. The number of nitrogens with zero attached hydrogens (tertiary/aromatic N) is 4. The quantitative estimate of drug-likeness (QED) is 0.333. The van der Waals surface area contributed by atoms with Crippen LogP contribution in [-0.2, 0) is 28.7 Å². The second kappa shape index (κ2) is 12.5. The minimum atomic E-state index is -4.85. The molecule has 15 heteroatoms. The summed E-state index contributed by atoms with van der Waals surface area (Å²) in [5.41, 5.74) is -3.41. The maximum Gasteiger partial charge on any atom is 0.435 e. The van der Waals surface area contributed by atoms with Gasteiger partial charge in [0.1, 0.15) is 11.6 Å². The van der Waals surface area contributed by atoms with E-state index in [9.17, 15) is 36.3 Å². The summed E-state index contributed by atoms with van der Waals surface area (Å²) in [6.45, 7) is 6.33. The molecular weight excluding hydrogens is 579 g/mol. The number of carbonyl (C=O) groups excluding carboxylic acids is 2. The number of alkyl halides is 5. The molecule has 3 aromatic rings. The second-order valence-electron chi connectivity index (χ2n) is 11.6. The van der Waals surface area contributed by atoms with Gasteiger partial charge in [0.25, 0.3) is 5.56 Å². The number of hydrogen-bond acceptors (Lipinski definition) is 6. The summed E-state index contributed by atoms with van der Waals surface area (Å²) in [6.07, 6.45) is -3.36. The average Bonchev–Trinajstić information content (AvgIpc) is 3.26. The molecule has 0 fully saturated rings. The van der Waals surface area contributed by atoms with Crippen molar-refractivity contribution in [2.45, 2.75) is 84.4 Å². The number of alkyl carbamates (subject to hydrolysis) is 1. The summed E-state index contributed by atoms with van der Waals surface area (Å²) in [7, 11) is 0. The first-order valence-corrected chi connectivity index (χ1v) is 13.1. The Balaban J connectivity index is 1.91. The highest BCUT2D eigenvalue weighted by Crippen LogP contribution is 2.32. The molecule has 0 aliphatic rings. The Hall–Kier alpha value is -4.30. The molecule has 43 heavy (non-hydrogen) atoms. The smallest absolute Gasteiger partial charge is 0.435 e. The third kappa shape index (κ3) is 9.35. The molecule has 0 aliphatic heterocycles. The molecule has 0 radical (unpaired) electrons. The molecule has 3 aromatic heterocycles. The van der Waals surface area contributed by atoms with E-state index >= 15 is 0 Å². The number of carbonyl (C=O) groups is 2. The number of nitrogens with one attached hydrogen (secondary N) is 2. The highest BCUT2D eigenvalue weighted by Gasteiger charge is 2.36. The molecule has 3 heterocycles. The van der Waals surface area contributed by atoms with Crippen LogP contribution in [0.25, 0.3) is 11.3 Å². The third-order valence-electron chi connectivity index (χ3n) is 5.95. The van der Waals surface area contributed by atoms with Gasteiger partial charge in [-0.3, -0.25) is 23.8 Å². The summed E-state index contributed by atoms with van der Waals surface area (Å²) in [4.78, 5) is 42.3. The van der Waals surface area contributed by atoms with Gasteiger partial charge in [0.15, 0.2) is 5.69 Å². The van der Waals surface area contributed by atoms with E-state index in [1.165, 1.54) is 13.8 Å². The summed E-state index contributed by atoms with van der Waals surface area (Å²) >= 11 is 0. The fraction of sp³-hybridized carbons (Fsp3) is 0.464. The highest BCUT2D eigenvalue weighted by molar-refractivity contribution is 5.86. The highest BCUT2D eigenvalue weighted by atomic mass is 19.4. The van der Waals surface area contributed by atoms with Crippen molar-refractivity contribution in [1.29, 1.82) is 0 Å². The number of halogens is 5. The molecular formula is C28H33F5N6O4. The molecule has 1 atom stereocenters. The van der Waals surface area contributed by atoms with Crippen molar-refractivity contribution in [1.82, 2.24) is 30.0 Å². The Bertz CT molecular complexity index is 1510. The van der Waals surface area contributed by atoms with E-state index in [2.05, 4.69) is 20.7 Å². The van der Waals surface area contributed by atoms with Crippen molar-refractivity contribution >= 4 is 12.0 Å². The van der Waals surface area contributed by atoms with Crippen LogP contribution < -0.4 is 16.2 Å². The predicted octanol–water partition coefficient (Wildman–Crippen LogP) is 4.86. The van der Waals surface area contributed by atoms with Crippen molar-refractivity contribution in [2.75, 3.05) is 0 Å². The zero-order chi connectivity index (χ0) is 32.3. The molecule has 0 unspecified atom stereocenters. The maximum absolute atomic E-state index is 13.6. The largest absolute Gasteiger partial charge is 0.444 e. The topological polar surface area (TPSA) is 120 Å². The molecule has 0 saturated carbocycles. The Labute approximate surface area is 244 Å². The van der Waals surface area contributed by atoms with Crippen molar-refractivity contribution in [3.05, 3.63) is 70.0 Å². The Kier molecular flexibility index (Phi) is 9.66. The number of ether oxygens (including phenoxy) is 1. The molecule has 2 N–H and O–H groups in total. The van der Waals surface area contributed by atoms with E-state index in [0.29, 0.717) is 11.6 Å². The fourth-order valence-corrected chi connectivity index (χ4v) is 4.07. The number of rotatable bonds is 9. The van der Waals surface area contributed by atoms with Crippen LogP contribution in [0.1, 0.15) is 58.1 Å². The van der Waals surface area contributed by atoms with E-state index in [4.69, 9.17) is 4.74 Å². The van der Waals surface area contributed by atoms with Crippen LogP contribution in [0.3, 0.4) is 0 Å². The third-order valence-corrected chi connectivity index (χ3v) is 5.95. The van der Waals surface area contributed by atoms with Crippen LogP contribution in [0.4, 0.5) is 26.7 Å². The Morgan fingerprint density at radius 2 is 1.72 bits per heavy atom. The summed E-state index contributed by atoms with van der Waals surface area (Å²) in [5.74, 6) is -0.666. The summed E-state index contributed by atoms with van der Waals surface area (Å²) < 4.78 is 73.2. The predicted molar refractivity (Wildman–Crippen MR) is 146 cm³/mol. The van der Waals surface area contributed by atoms with Gasteiger partial charge in [-0.05, 0) is 65.3 Å². The van der Waals surface area contributed by atoms with Crippen LogP contribution in [0.2, 0.25) is 0 Å². The van der Waals surface area contributed by atoms with Crippen molar-refractivity contribution < 1.29 is 36.3 Å². The van der Waals surface area contributed by atoms with Gasteiger partial charge in [0.05, 0.1) is 17.8 Å². The molecule has 3 rings (SSSR count). The zero-order valence-electron chi connectivity index (χ0n) is 24.4. The summed E-state index contributed by atoms with van der Waals surface area (Å²) in [5, 5.41) is 8.90. The van der Waals surface area contributed by atoms with Gasteiger partial charge in [-0.25, -0.2) is 4.79 Å². The second-order valence-corrected chi connectivity index (χ2v) is 11.6. The average molecular weight is 613 g/mol. The van der Waals surface area contributed by atoms with Gasteiger partial charge in [-0.2, -0.15) is 27.1 Å². The van der Waals surface area contributed by atoms with Gasteiger partial charge in [0, 0.05) is 36.1 Å². The van der Waals surface area contributed by atoms with Crippen LogP contribution in [0.5, 0.6) is 0 Å². The van der Waals surface area contributed by atoms with Crippen LogP contribution in [0.15, 0.2) is 47.5 Å². The van der Waals surface area contributed by atoms with Gasteiger partial charge in [0.2, 0.25) is 5.91 Å². The Morgan fingerprint density at radius 1 is 1.05 bits per heavy atom. The van der Waals surface area contributed by atoms with Gasteiger partial charge >= 0.3 is 18.8 Å². The van der Waals surface area contributed by atoms with Crippen LogP contribution in [0, 0.1) is 6.92 Å². The standard InChI is InChI=1S/C28H33F5N6O4/c1-16-7-8-17(14-34-16)11-19(35-25(42)43-26(2,3)4)23(41)36-27(5,6)15-39-20(13-21(37-39)28(31,32)33)18-9-10-38(24(29)30)22(40)12-18/h7-10,12-14,19,24H,11,15H2,1-6H3,(H,35,42)(H,36,41)/t19-/m1/s1. The zero-order valence-corrected chi connectivity index (χ0v) is 24.4. The van der Waals surface area contributed by atoms with E-state index < -0.39 is 53.2 Å². The van der Waals surface area contributed by atoms with E-state index in [1.54, 1.807) is 46.0 Å². The minimum Gasteiger partial charge on any atom is -0.444 e. The molecule has 0 spiro atoms. The molecule has 10 nitrogen and oxygen atoms in total. The monoisotopic (exact) mass is 612 g/mol. The molecule has 0 saturated heterocycles. The molecule has 0 bridgehead atoms. The van der Waals surface area contributed by atoms with Gasteiger partial charge in [-0.15, -0.1) is 0 Å². The number of hydrogen-bond donors (Lipinski definition) is 2. The lowest BCUT2D eigenvalue weighted by molar-refractivity contribution is -0.141. The van der Waals surface area contributed by atoms with Gasteiger partial charge in [-0.1, -0.05) is 6.07 Å². The van der Waals surface area contributed by atoms with Crippen LogP contribution >= 0.6 is 0 Å². The lowest BCUT2D eigenvalue weighted by atomic mass is 10.0. The molecule has 2 amide bonds. The van der Waals surface area contributed by atoms with Gasteiger partial charge < -0.3 is 15.4 Å². The van der Waals surface area contributed by atoms with E-state index in [-0.39, 0.29) is 28.8 Å². The first-order chi connectivity index (χ1) is 19.7. The normalized spacial score (nSPS) is 13.1. The number of amides is 2. The molecule has 234 valence electrons. The molecule has 0 aromatic carbocycles. The SMILES string of the molecule is Cc1ccc(C[C@@H](NC(=O)OC(C)(C)C)C(=O)NC(C)(C)Cn2nc(C(F)(F)F)cc2-c2ccn(C(F)F)c(=O)c2)cn1. The first-order valence-electron chi connectivity index (χ1n) is 13.1. The number of aromatic nitrogens is 4. The lowest BCUT2D eigenvalue weighted by Gasteiger charge is -2.30. The van der Waals surface area contributed by atoms with Crippen LogP contribution in [-0.4, -0.2) is 48.5 Å². The first kappa shape index (κ1) is 33.2. The molecule has 0 aliphatic carbocycles. The minimum absolute atomic E-state index is 0.0279. The number of pyridine rings is 2.